The molecular weight excluding hydrogens is 314 g/mol. The van der Waals surface area contributed by atoms with Crippen molar-refractivity contribution in [3.05, 3.63) is 28.5 Å². The van der Waals surface area contributed by atoms with Crippen molar-refractivity contribution in [2.75, 3.05) is 37.7 Å². The van der Waals surface area contributed by atoms with Gasteiger partial charge in [-0.3, -0.25) is 9.69 Å². The van der Waals surface area contributed by atoms with Gasteiger partial charge in [0, 0.05) is 37.7 Å². The summed E-state index contributed by atoms with van der Waals surface area (Å²) >= 11 is 5.25. The lowest BCUT2D eigenvalue weighted by molar-refractivity contribution is 0.0944. The van der Waals surface area contributed by atoms with Gasteiger partial charge < -0.3 is 5.32 Å². The van der Waals surface area contributed by atoms with Crippen LogP contribution in [0.5, 0.6) is 0 Å². The number of nitrogens with zero attached hydrogens (tertiary/aromatic N) is 2. The molecule has 98 valence electrons. The largest absolute Gasteiger partial charge is 0.349 e. The highest BCUT2D eigenvalue weighted by molar-refractivity contribution is 9.10. The number of amides is 1. The van der Waals surface area contributed by atoms with Crippen LogP contribution in [0, 0.1) is 0 Å². The molecular formula is C12H16BrN3OS. The SMILES string of the molecule is O=C(NCCN1CCSCC1)c1cccc(Br)n1. The molecule has 1 aromatic rings. The van der Waals surface area contributed by atoms with E-state index in [1.807, 2.05) is 23.9 Å². The maximum absolute atomic E-state index is 11.8. The second-order valence-electron chi connectivity index (χ2n) is 4.06. The third-order valence-electron chi connectivity index (χ3n) is 2.77. The van der Waals surface area contributed by atoms with Crippen LogP contribution in [0.2, 0.25) is 0 Å². The predicted molar refractivity (Wildman–Crippen MR) is 78.0 cm³/mol. The van der Waals surface area contributed by atoms with Crippen molar-refractivity contribution in [1.29, 1.82) is 0 Å². The van der Waals surface area contributed by atoms with E-state index in [0.717, 1.165) is 19.6 Å². The lowest BCUT2D eigenvalue weighted by atomic mass is 10.3. The molecule has 2 heterocycles. The molecule has 1 fully saturated rings. The Bertz CT molecular complexity index is 410. The van der Waals surface area contributed by atoms with Crippen LogP contribution in [-0.4, -0.2) is 53.5 Å². The average molecular weight is 330 g/mol. The summed E-state index contributed by atoms with van der Waals surface area (Å²) in [5.41, 5.74) is 0.457. The molecule has 0 bridgehead atoms. The van der Waals surface area contributed by atoms with E-state index in [9.17, 15) is 4.79 Å². The number of hydrogen-bond acceptors (Lipinski definition) is 4. The molecule has 6 heteroatoms. The van der Waals surface area contributed by atoms with E-state index < -0.39 is 0 Å². The average Bonchev–Trinajstić information content (AvgIpc) is 2.40. The molecule has 1 amide bonds. The molecule has 1 aromatic heterocycles. The summed E-state index contributed by atoms with van der Waals surface area (Å²) in [5, 5.41) is 2.90. The molecule has 0 radical (unpaired) electrons. The summed E-state index contributed by atoms with van der Waals surface area (Å²) in [4.78, 5) is 18.3. The molecule has 0 unspecified atom stereocenters. The Morgan fingerprint density at radius 3 is 2.94 bits per heavy atom. The van der Waals surface area contributed by atoms with Crippen LogP contribution < -0.4 is 5.32 Å². The Kier molecular flexibility index (Phi) is 5.46. The van der Waals surface area contributed by atoms with Gasteiger partial charge in [0.15, 0.2) is 0 Å². The first-order valence-corrected chi connectivity index (χ1v) is 7.91. The summed E-state index contributed by atoms with van der Waals surface area (Å²) in [6.45, 7) is 3.84. The van der Waals surface area contributed by atoms with Gasteiger partial charge in [0.05, 0.1) is 0 Å². The van der Waals surface area contributed by atoms with Crippen LogP contribution in [0.4, 0.5) is 0 Å². The number of pyridine rings is 1. The predicted octanol–water partition coefficient (Wildman–Crippen LogP) is 1.62. The van der Waals surface area contributed by atoms with Crippen LogP contribution in [0.1, 0.15) is 10.5 Å². The van der Waals surface area contributed by atoms with Gasteiger partial charge >= 0.3 is 0 Å². The van der Waals surface area contributed by atoms with Gasteiger partial charge in [-0.1, -0.05) is 6.07 Å². The Balaban J connectivity index is 1.74. The van der Waals surface area contributed by atoms with Crippen LogP contribution in [0.15, 0.2) is 22.8 Å². The molecule has 1 N–H and O–H groups in total. The fourth-order valence-corrected chi connectivity index (χ4v) is 3.10. The molecule has 0 atom stereocenters. The van der Waals surface area contributed by atoms with E-state index in [2.05, 4.69) is 31.1 Å². The lowest BCUT2D eigenvalue weighted by Crippen LogP contribution is -2.39. The monoisotopic (exact) mass is 329 g/mol. The number of thioether (sulfide) groups is 1. The number of nitrogens with one attached hydrogen (secondary N) is 1. The van der Waals surface area contributed by atoms with Crippen molar-refractivity contribution in [3.8, 4) is 0 Å². The maximum Gasteiger partial charge on any atom is 0.269 e. The van der Waals surface area contributed by atoms with Crippen molar-refractivity contribution >= 4 is 33.6 Å². The number of halogens is 1. The number of aromatic nitrogens is 1. The number of carbonyl (C=O) groups excluding carboxylic acids is 1. The second-order valence-corrected chi connectivity index (χ2v) is 6.09. The first kappa shape index (κ1) is 13.8. The molecule has 18 heavy (non-hydrogen) atoms. The van der Waals surface area contributed by atoms with Crippen molar-refractivity contribution in [2.24, 2.45) is 0 Å². The molecule has 0 aliphatic carbocycles. The minimum Gasteiger partial charge on any atom is -0.349 e. The van der Waals surface area contributed by atoms with Gasteiger partial charge in [-0.25, -0.2) is 4.98 Å². The Morgan fingerprint density at radius 2 is 2.22 bits per heavy atom. The fraction of sp³-hybridized carbons (Fsp3) is 0.500. The van der Waals surface area contributed by atoms with Crippen molar-refractivity contribution in [3.63, 3.8) is 0 Å². The van der Waals surface area contributed by atoms with E-state index in [1.165, 1.54) is 11.5 Å². The maximum atomic E-state index is 11.8. The molecule has 2 rings (SSSR count). The fourth-order valence-electron chi connectivity index (χ4n) is 1.78. The van der Waals surface area contributed by atoms with Gasteiger partial charge in [0.25, 0.3) is 5.91 Å². The van der Waals surface area contributed by atoms with Gasteiger partial charge in [-0.15, -0.1) is 0 Å². The van der Waals surface area contributed by atoms with Gasteiger partial charge in [-0.05, 0) is 28.1 Å². The second kappa shape index (κ2) is 7.11. The lowest BCUT2D eigenvalue weighted by Gasteiger charge is -2.25. The van der Waals surface area contributed by atoms with E-state index in [1.54, 1.807) is 6.07 Å². The van der Waals surface area contributed by atoms with Crippen LogP contribution >= 0.6 is 27.7 Å². The number of carbonyl (C=O) groups is 1. The highest BCUT2D eigenvalue weighted by Gasteiger charge is 2.11. The standard InChI is InChI=1S/C12H16BrN3OS/c13-11-3-1-2-10(15-11)12(17)14-4-5-16-6-8-18-9-7-16/h1-3H,4-9H2,(H,14,17). The number of rotatable bonds is 4. The first-order chi connectivity index (χ1) is 8.75. The molecule has 0 aromatic carbocycles. The van der Waals surface area contributed by atoms with Crippen molar-refractivity contribution < 1.29 is 4.79 Å². The first-order valence-electron chi connectivity index (χ1n) is 5.96. The zero-order chi connectivity index (χ0) is 12.8. The summed E-state index contributed by atoms with van der Waals surface area (Å²) in [5.74, 6) is 2.28. The Morgan fingerprint density at radius 1 is 1.44 bits per heavy atom. The third kappa shape index (κ3) is 4.26. The normalized spacial score (nSPS) is 16.5. The van der Waals surface area contributed by atoms with E-state index in [-0.39, 0.29) is 5.91 Å². The zero-order valence-corrected chi connectivity index (χ0v) is 12.5. The Hall–Kier alpha value is -0.590. The minimum atomic E-state index is -0.109. The third-order valence-corrected chi connectivity index (χ3v) is 4.15. The van der Waals surface area contributed by atoms with Crippen molar-refractivity contribution in [1.82, 2.24) is 15.2 Å². The summed E-state index contributed by atoms with van der Waals surface area (Å²) in [6, 6.07) is 5.34. The van der Waals surface area contributed by atoms with E-state index in [0.29, 0.717) is 16.8 Å². The summed E-state index contributed by atoms with van der Waals surface area (Å²) in [7, 11) is 0. The zero-order valence-electron chi connectivity index (χ0n) is 10.1. The van der Waals surface area contributed by atoms with E-state index >= 15 is 0 Å². The molecule has 1 aliphatic rings. The van der Waals surface area contributed by atoms with Gasteiger partial charge in [0.2, 0.25) is 0 Å². The summed E-state index contributed by atoms with van der Waals surface area (Å²) < 4.78 is 0.684. The minimum absolute atomic E-state index is 0.109. The van der Waals surface area contributed by atoms with Gasteiger partial charge in [0.1, 0.15) is 10.3 Å². The topological polar surface area (TPSA) is 45.2 Å². The van der Waals surface area contributed by atoms with Crippen LogP contribution in [0.3, 0.4) is 0 Å². The highest BCUT2D eigenvalue weighted by Crippen LogP contribution is 2.08. The molecule has 4 nitrogen and oxygen atoms in total. The molecule has 0 spiro atoms. The quantitative estimate of drug-likeness (QED) is 0.853. The van der Waals surface area contributed by atoms with Crippen molar-refractivity contribution in [2.45, 2.75) is 0 Å². The molecule has 1 aliphatic heterocycles. The van der Waals surface area contributed by atoms with Gasteiger partial charge in [-0.2, -0.15) is 11.8 Å². The number of hydrogen-bond donors (Lipinski definition) is 1. The van der Waals surface area contributed by atoms with Crippen LogP contribution in [-0.2, 0) is 0 Å². The van der Waals surface area contributed by atoms with Crippen LogP contribution in [0.25, 0.3) is 0 Å². The van der Waals surface area contributed by atoms with E-state index in [4.69, 9.17) is 0 Å². The smallest absolute Gasteiger partial charge is 0.269 e. The molecule has 0 saturated carbocycles. The summed E-state index contributed by atoms with van der Waals surface area (Å²) in [6.07, 6.45) is 0. The highest BCUT2D eigenvalue weighted by atomic mass is 79.9. The molecule has 1 saturated heterocycles. The Labute approximate surface area is 120 Å².